The molecule has 19 heavy (non-hydrogen) atoms. The number of carbonyl (C=O) groups is 1. The molecule has 5 aliphatic rings. The Labute approximate surface area is 115 Å². The smallest absolute Gasteiger partial charge is 0.221 e. The van der Waals surface area contributed by atoms with Gasteiger partial charge in [0.05, 0.1) is 5.54 Å². The maximum atomic E-state index is 12.4. The Hall–Kier alpha value is -0.570. The highest BCUT2D eigenvalue weighted by molar-refractivity contribution is 5.78. The van der Waals surface area contributed by atoms with E-state index < -0.39 is 0 Å². The molecule has 5 rings (SSSR count). The molecule has 5 fully saturated rings. The van der Waals surface area contributed by atoms with Crippen LogP contribution in [0.1, 0.15) is 57.8 Å². The molecule has 0 aliphatic heterocycles. The largest absolute Gasteiger partial charge is 0.349 e. The minimum atomic E-state index is -0.0145. The van der Waals surface area contributed by atoms with Gasteiger partial charge in [-0.15, -0.1) is 0 Å². The molecule has 3 N–H and O–H groups in total. The summed E-state index contributed by atoms with van der Waals surface area (Å²) < 4.78 is 0. The molecule has 0 spiro atoms. The molecule has 0 radical (unpaired) electrons. The summed E-state index contributed by atoms with van der Waals surface area (Å²) in [7, 11) is 0. The molecule has 0 atom stereocenters. The van der Waals surface area contributed by atoms with Crippen molar-refractivity contribution in [1.82, 2.24) is 5.32 Å². The van der Waals surface area contributed by atoms with E-state index in [0.717, 1.165) is 37.0 Å². The highest BCUT2D eigenvalue weighted by atomic mass is 16.1. The van der Waals surface area contributed by atoms with Gasteiger partial charge in [-0.2, -0.15) is 0 Å². The maximum Gasteiger partial charge on any atom is 0.221 e. The van der Waals surface area contributed by atoms with Crippen molar-refractivity contribution in [3.8, 4) is 0 Å². The molecule has 1 amide bonds. The first-order chi connectivity index (χ1) is 9.10. The van der Waals surface area contributed by atoms with E-state index in [1.54, 1.807) is 0 Å². The van der Waals surface area contributed by atoms with Crippen LogP contribution in [-0.2, 0) is 4.79 Å². The first-order valence-corrected chi connectivity index (χ1v) is 8.12. The van der Waals surface area contributed by atoms with Gasteiger partial charge in [0, 0.05) is 13.0 Å². The van der Waals surface area contributed by atoms with Gasteiger partial charge in [-0.3, -0.25) is 4.79 Å². The van der Waals surface area contributed by atoms with Crippen LogP contribution in [0.4, 0.5) is 0 Å². The maximum absolute atomic E-state index is 12.4. The molecular weight excluding hydrogens is 236 g/mol. The van der Waals surface area contributed by atoms with Crippen LogP contribution in [0.25, 0.3) is 0 Å². The van der Waals surface area contributed by atoms with E-state index in [9.17, 15) is 4.79 Å². The third-order valence-corrected chi connectivity index (χ3v) is 6.35. The molecule has 0 unspecified atom stereocenters. The third-order valence-electron chi connectivity index (χ3n) is 6.35. The average molecular weight is 262 g/mol. The van der Waals surface area contributed by atoms with Crippen LogP contribution in [0.3, 0.4) is 0 Å². The number of amides is 1. The number of nitrogens with two attached hydrogens (primary N) is 1. The van der Waals surface area contributed by atoms with Crippen LogP contribution in [0, 0.1) is 23.2 Å². The third kappa shape index (κ3) is 2.10. The molecule has 106 valence electrons. The summed E-state index contributed by atoms with van der Waals surface area (Å²) in [6, 6.07) is 0. The lowest BCUT2D eigenvalue weighted by molar-refractivity contribution is -0.130. The van der Waals surface area contributed by atoms with Gasteiger partial charge in [0.2, 0.25) is 5.91 Å². The molecule has 5 aliphatic carbocycles. The number of hydrogen-bond donors (Lipinski definition) is 2. The molecule has 0 aromatic carbocycles. The Kier molecular flexibility index (Phi) is 2.55. The quantitative estimate of drug-likeness (QED) is 0.816. The van der Waals surface area contributed by atoms with Gasteiger partial charge in [0.15, 0.2) is 0 Å². The van der Waals surface area contributed by atoms with Crippen molar-refractivity contribution in [2.75, 3.05) is 6.54 Å². The van der Waals surface area contributed by atoms with Crippen molar-refractivity contribution < 1.29 is 4.79 Å². The summed E-state index contributed by atoms with van der Waals surface area (Å²) in [5.41, 5.74) is 6.11. The van der Waals surface area contributed by atoms with Crippen LogP contribution >= 0.6 is 0 Å². The van der Waals surface area contributed by atoms with Gasteiger partial charge in [0.25, 0.3) is 0 Å². The highest BCUT2D eigenvalue weighted by Crippen LogP contribution is 2.61. The molecule has 0 heterocycles. The van der Waals surface area contributed by atoms with E-state index >= 15 is 0 Å². The average Bonchev–Trinajstić information content (AvgIpc) is 3.06. The van der Waals surface area contributed by atoms with Crippen LogP contribution in [0.5, 0.6) is 0 Å². The van der Waals surface area contributed by atoms with E-state index in [1.807, 2.05) is 0 Å². The number of nitrogens with one attached hydrogen (secondary N) is 1. The minimum absolute atomic E-state index is 0.0145. The monoisotopic (exact) mass is 262 g/mol. The molecule has 3 heteroatoms. The lowest BCUT2D eigenvalue weighted by atomic mass is 9.49. The first kappa shape index (κ1) is 12.2. The Bertz CT molecular complexity index is 364. The van der Waals surface area contributed by atoms with Gasteiger partial charge in [-0.1, -0.05) is 0 Å². The fraction of sp³-hybridized carbons (Fsp3) is 0.938. The van der Waals surface area contributed by atoms with Gasteiger partial charge in [-0.05, 0) is 74.5 Å². The highest BCUT2D eigenvalue weighted by Gasteiger charge is 2.52. The molecule has 0 aromatic rings. The molecule has 5 saturated carbocycles. The van der Waals surface area contributed by atoms with Crippen LogP contribution in [0.2, 0.25) is 0 Å². The summed E-state index contributed by atoms with van der Waals surface area (Å²) in [4.78, 5) is 12.4. The van der Waals surface area contributed by atoms with Crippen molar-refractivity contribution in [2.45, 2.75) is 63.3 Å². The summed E-state index contributed by atoms with van der Waals surface area (Å²) in [5, 5.41) is 3.23. The minimum Gasteiger partial charge on any atom is -0.349 e. The number of carbonyl (C=O) groups excluding carboxylic acids is 1. The second-order valence-electron chi connectivity index (χ2n) is 8.13. The fourth-order valence-electron chi connectivity index (χ4n) is 5.72. The molecule has 0 aromatic heterocycles. The van der Waals surface area contributed by atoms with Crippen molar-refractivity contribution in [3.63, 3.8) is 0 Å². The van der Waals surface area contributed by atoms with Crippen LogP contribution in [0.15, 0.2) is 0 Å². The normalized spacial score (nSPS) is 45.2. The Balaban J connectivity index is 1.43. The van der Waals surface area contributed by atoms with E-state index in [1.165, 1.54) is 38.5 Å². The van der Waals surface area contributed by atoms with Crippen molar-refractivity contribution in [2.24, 2.45) is 28.9 Å². The van der Waals surface area contributed by atoms with Crippen LogP contribution < -0.4 is 11.1 Å². The molecule has 0 saturated heterocycles. The van der Waals surface area contributed by atoms with Gasteiger partial charge in [-0.25, -0.2) is 0 Å². The Morgan fingerprint density at radius 3 is 2.00 bits per heavy atom. The number of rotatable bonds is 4. The SMILES string of the molecule is NCC1(NC(=O)CC23CC4CC(CC(C4)C2)C3)CC1. The number of hydrogen-bond acceptors (Lipinski definition) is 2. The summed E-state index contributed by atoms with van der Waals surface area (Å²) in [6.07, 6.45) is 11.3. The molecule has 4 bridgehead atoms. The van der Waals surface area contributed by atoms with Crippen molar-refractivity contribution >= 4 is 5.91 Å². The Morgan fingerprint density at radius 1 is 1.05 bits per heavy atom. The van der Waals surface area contributed by atoms with Gasteiger partial charge < -0.3 is 11.1 Å². The zero-order valence-corrected chi connectivity index (χ0v) is 11.8. The fourth-order valence-corrected chi connectivity index (χ4v) is 5.72. The first-order valence-electron chi connectivity index (χ1n) is 8.12. The molecule has 3 nitrogen and oxygen atoms in total. The zero-order chi connectivity index (χ0) is 13.1. The van der Waals surface area contributed by atoms with E-state index in [4.69, 9.17) is 5.73 Å². The second-order valence-corrected chi connectivity index (χ2v) is 8.13. The standard InChI is InChI=1S/C16H26N2O/c17-10-16(1-2-16)18-14(19)9-15-6-11-3-12(7-15)5-13(4-11)8-15/h11-13H,1-10,17H2,(H,18,19). The second kappa shape index (κ2) is 3.97. The lowest BCUT2D eigenvalue weighted by Crippen LogP contribution is -2.50. The predicted octanol–water partition coefficient (Wildman–Crippen LogP) is 2.20. The van der Waals surface area contributed by atoms with E-state index in [0.29, 0.717) is 12.0 Å². The lowest BCUT2D eigenvalue weighted by Gasteiger charge is -2.56. The predicted molar refractivity (Wildman–Crippen MR) is 74.4 cm³/mol. The van der Waals surface area contributed by atoms with Gasteiger partial charge in [0.1, 0.15) is 0 Å². The summed E-state index contributed by atoms with van der Waals surface area (Å²) >= 11 is 0. The van der Waals surface area contributed by atoms with Crippen molar-refractivity contribution in [3.05, 3.63) is 0 Å². The molecular formula is C16H26N2O. The Morgan fingerprint density at radius 2 is 1.58 bits per heavy atom. The van der Waals surface area contributed by atoms with Crippen molar-refractivity contribution in [1.29, 1.82) is 0 Å². The van der Waals surface area contributed by atoms with E-state index in [2.05, 4.69) is 5.32 Å². The van der Waals surface area contributed by atoms with Crippen LogP contribution in [-0.4, -0.2) is 18.0 Å². The van der Waals surface area contributed by atoms with Gasteiger partial charge >= 0.3 is 0 Å². The topological polar surface area (TPSA) is 55.1 Å². The summed E-state index contributed by atoms with van der Waals surface area (Å²) in [6.45, 7) is 0.611. The van der Waals surface area contributed by atoms with E-state index in [-0.39, 0.29) is 11.4 Å². The summed E-state index contributed by atoms with van der Waals surface area (Å²) in [5.74, 6) is 3.08. The zero-order valence-electron chi connectivity index (χ0n) is 11.8.